The fourth-order valence-corrected chi connectivity index (χ4v) is 2.83. The monoisotopic (exact) mass is 408 g/mol. The van der Waals surface area contributed by atoms with E-state index in [0.29, 0.717) is 52.7 Å². The molecule has 0 spiro atoms. The molecule has 1 saturated heterocycles. The molecule has 2 amide bonds. The largest absolute Gasteiger partial charge is 0.445 e. The average molecular weight is 408 g/mol. The van der Waals surface area contributed by atoms with E-state index in [1.165, 1.54) is 0 Å². The van der Waals surface area contributed by atoms with Gasteiger partial charge in [0.25, 0.3) is 0 Å². The van der Waals surface area contributed by atoms with Crippen LogP contribution in [-0.4, -0.2) is 75.7 Å². The molecule has 1 fully saturated rings. The first-order chi connectivity index (χ1) is 14.1. The second kappa shape index (κ2) is 13.1. The summed E-state index contributed by atoms with van der Waals surface area (Å²) in [5.74, 6) is -0.263. The van der Waals surface area contributed by atoms with Crippen LogP contribution >= 0.6 is 0 Å². The smallest absolute Gasteiger partial charge is 0.408 e. The number of benzene rings is 1. The zero-order chi connectivity index (χ0) is 20.9. The Morgan fingerprint density at radius 1 is 0.966 bits per heavy atom. The van der Waals surface area contributed by atoms with Crippen LogP contribution in [0.2, 0.25) is 0 Å². The molecule has 0 bridgehead atoms. The minimum atomic E-state index is -0.686. The highest BCUT2D eigenvalue weighted by atomic mass is 16.6. The second-order valence-electron chi connectivity index (χ2n) is 7.09. The Kier molecular flexibility index (Phi) is 10.5. The van der Waals surface area contributed by atoms with Crippen molar-refractivity contribution in [2.75, 3.05) is 52.7 Å². The summed E-state index contributed by atoms with van der Waals surface area (Å²) in [6.45, 7) is 7.52. The van der Waals surface area contributed by atoms with Crippen LogP contribution in [0.25, 0.3) is 0 Å². The Labute approximate surface area is 172 Å². The number of amides is 2. The molecule has 0 saturated carbocycles. The molecule has 8 heteroatoms. The standard InChI is InChI=1S/C21H32N2O6/c1-17(2)19(22-21(25)29-16-18-6-4-3-5-7-18)20(24)23-8-10-26-12-14-28-15-13-27-11-9-23/h3-7,17,19H,8-16H2,1-2H3,(H,22,25)/t19-/m0/s1. The molecule has 1 N–H and O–H groups in total. The fourth-order valence-electron chi connectivity index (χ4n) is 2.83. The highest BCUT2D eigenvalue weighted by molar-refractivity contribution is 5.86. The van der Waals surface area contributed by atoms with Gasteiger partial charge >= 0.3 is 6.09 Å². The van der Waals surface area contributed by atoms with E-state index in [-0.39, 0.29) is 18.4 Å². The van der Waals surface area contributed by atoms with Gasteiger partial charge in [-0.25, -0.2) is 4.79 Å². The molecule has 0 unspecified atom stereocenters. The van der Waals surface area contributed by atoms with E-state index in [0.717, 1.165) is 5.56 Å². The SMILES string of the molecule is CC(C)[C@H](NC(=O)OCc1ccccc1)C(=O)N1CCOCCOCCOCC1. The predicted octanol–water partition coefficient (Wildman–Crippen LogP) is 1.83. The van der Waals surface area contributed by atoms with Crippen molar-refractivity contribution < 1.29 is 28.5 Å². The molecule has 1 aromatic rings. The summed E-state index contributed by atoms with van der Waals surface area (Å²) < 4.78 is 21.7. The first-order valence-corrected chi connectivity index (χ1v) is 10.1. The van der Waals surface area contributed by atoms with Gasteiger partial charge in [0.1, 0.15) is 12.6 Å². The number of carbonyl (C=O) groups is 2. The second-order valence-corrected chi connectivity index (χ2v) is 7.09. The molecule has 0 aliphatic carbocycles. The molecular weight excluding hydrogens is 376 g/mol. The lowest BCUT2D eigenvalue weighted by Crippen LogP contribution is -2.52. The molecule has 8 nitrogen and oxygen atoms in total. The minimum Gasteiger partial charge on any atom is -0.445 e. The van der Waals surface area contributed by atoms with Crippen LogP contribution in [0, 0.1) is 5.92 Å². The maximum absolute atomic E-state index is 13.1. The highest BCUT2D eigenvalue weighted by Gasteiger charge is 2.29. The third-order valence-electron chi connectivity index (χ3n) is 4.49. The zero-order valence-electron chi connectivity index (χ0n) is 17.3. The zero-order valence-corrected chi connectivity index (χ0v) is 17.3. The van der Waals surface area contributed by atoms with Gasteiger partial charge in [0, 0.05) is 13.1 Å². The lowest BCUT2D eigenvalue weighted by Gasteiger charge is -2.29. The van der Waals surface area contributed by atoms with Crippen molar-refractivity contribution in [2.45, 2.75) is 26.5 Å². The van der Waals surface area contributed by atoms with Gasteiger partial charge in [-0.15, -0.1) is 0 Å². The van der Waals surface area contributed by atoms with Gasteiger partial charge < -0.3 is 29.2 Å². The summed E-state index contributed by atoms with van der Waals surface area (Å²) in [5, 5.41) is 2.72. The number of rotatable bonds is 5. The molecule has 1 aliphatic rings. The third kappa shape index (κ3) is 8.81. The van der Waals surface area contributed by atoms with Crippen LogP contribution in [-0.2, 0) is 30.3 Å². The number of nitrogens with zero attached hydrogens (tertiary/aromatic N) is 1. The molecule has 1 aliphatic heterocycles. The van der Waals surface area contributed by atoms with Crippen molar-refractivity contribution >= 4 is 12.0 Å². The van der Waals surface area contributed by atoms with E-state index in [1.54, 1.807) is 4.90 Å². The molecule has 29 heavy (non-hydrogen) atoms. The highest BCUT2D eigenvalue weighted by Crippen LogP contribution is 2.08. The van der Waals surface area contributed by atoms with E-state index in [9.17, 15) is 9.59 Å². The Morgan fingerprint density at radius 2 is 1.52 bits per heavy atom. The summed E-state index contributed by atoms with van der Waals surface area (Å²) in [4.78, 5) is 27.0. The number of ether oxygens (including phenoxy) is 4. The molecule has 0 aromatic heterocycles. The molecule has 1 atom stereocenters. The average Bonchev–Trinajstić information content (AvgIpc) is 2.71. The summed E-state index contributed by atoms with van der Waals surface area (Å²) >= 11 is 0. The van der Waals surface area contributed by atoms with E-state index in [4.69, 9.17) is 18.9 Å². The van der Waals surface area contributed by atoms with Gasteiger partial charge in [0.05, 0.1) is 39.6 Å². The fraction of sp³-hybridized carbons (Fsp3) is 0.619. The summed E-state index contributed by atoms with van der Waals surface area (Å²) in [6, 6.07) is 8.72. The lowest BCUT2D eigenvalue weighted by atomic mass is 10.0. The Bertz CT molecular complexity index is 598. The van der Waals surface area contributed by atoms with Gasteiger partial charge in [-0.1, -0.05) is 44.2 Å². The van der Waals surface area contributed by atoms with Crippen LogP contribution < -0.4 is 5.32 Å². The summed E-state index contributed by atoms with van der Waals surface area (Å²) in [7, 11) is 0. The van der Waals surface area contributed by atoms with Gasteiger partial charge in [-0.2, -0.15) is 0 Å². The van der Waals surface area contributed by atoms with Gasteiger partial charge in [0.2, 0.25) is 5.91 Å². The molecular formula is C21H32N2O6. The van der Waals surface area contributed by atoms with Crippen molar-refractivity contribution in [2.24, 2.45) is 5.92 Å². The number of hydrogen-bond donors (Lipinski definition) is 1. The minimum absolute atomic E-state index is 0.0941. The van der Waals surface area contributed by atoms with E-state index in [2.05, 4.69) is 5.32 Å². The normalized spacial score (nSPS) is 17.7. The number of carbonyl (C=O) groups excluding carboxylic acids is 2. The number of alkyl carbamates (subject to hydrolysis) is 1. The maximum atomic E-state index is 13.1. The van der Waals surface area contributed by atoms with Crippen LogP contribution in [0.15, 0.2) is 30.3 Å². The molecule has 0 radical (unpaired) electrons. The van der Waals surface area contributed by atoms with Crippen LogP contribution in [0.1, 0.15) is 19.4 Å². The van der Waals surface area contributed by atoms with Crippen LogP contribution in [0.3, 0.4) is 0 Å². The van der Waals surface area contributed by atoms with Crippen molar-refractivity contribution in [3.05, 3.63) is 35.9 Å². The lowest BCUT2D eigenvalue weighted by molar-refractivity contribution is -0.136. The summed E-state index contributed by atoms with van der Waals surface area (Å²) in [6.07, 6.45) is -0.611. The molecule has 162 valence electrons. The quantitative estimate of drug-likeness (QED) is 0.800. The Morgan fingerprint density at radius 3 is 2.07 bits per heavy atom. The van der Waals surface area contributed by atoms with Crippen molar-refractivity contribution in [1.82, 2.24) is 10.2 Å². The van der Waals surface area contributed by atoms with E-state index >= 15 is 0 Å². The number of nitrogens with one attached hydrogen (secondary N) is 1. The topological polar surface area (TPSA) is 86.3 Å². The van der Waals surface area contributed by atoms with Gasteiger partial charge in [0.15, 0.2) is 0 Å². The van der Waals surface area contributed by atoms with E-state index < -0.39 is 12.1 Å². The van der Waals surface area contributed by atoms with Crippen LogP contribution in [0.5, 0.6) is 0 Å². The van der Waals surface area contributed by atoms with Crippen LogP contribution in [0.4, 0.5) is 4.79 Å². The Balaban J connectivity index is 1.91. The first kappa shape index (κ1) is 23.1. The Hall–Kier alpha value is -2.16. The third-order valence-corrected chi connectivity index (χ3v) is 4.49. The van der Waals surface area contributed by atoms with Crippen molar-refractivity contribution in [3.8, 4) is 0 Å². The van der Waals surface area contributed by atoms with Gasteiger partial charge in [-0.3, -0.25) is 4.79 Å². The molecule has 2 rings (SSSR count). The first-order valence-electron chi connectivity index (χ1n) is 10.1. The number of hydrogen-bond acceptors (Lipinski definition) is 6. The maximum Gasteiger partial charge on any atom is 0.408 e. The molecule has 1 aromatic carbocycles. The van der Waals surface area contributed by atoms with E-state index in [1.807, 2.05) is 44.2 Å². The molecule has 1 heterocycles. The van der Waals surface area contributed by atoms with Crippen molar-refractivity contribution in [3.63, 3.8) is 0 Å². The summed E-state index contributed by atoms with van der Waals surface area (Å²) in [5.41, 5.74) is 0.886. The van der Waals surface area contributed by atoms with Gasteiger partial charge in [-0.05, 0) is 11.5 Å². The van der Waals surface area contributed by atoms with Crippen molar-refractivity contribution in [1.29, 1.82) is 0 Å². The predicted molar refractivity (Wildman–Crippen MR) is 107 cm³/mol.